The summed E-state index contributed by atoms with van der Waals surface area (Å²) in [5.74, 6) is -0.258. The zero-order chi connectivity index (χ0) is 18.4. The largest absolute Gasteiger partial charge is 0.333 e. The van der Waals surface area contributed by atoms with Crippen molar-refractivity contribution in [3.8, 4) is 0 Å². The third-order valence-electron chi connectivity index (χ3n) is 6.48. The number of rotatable bonds is 2. The number of hydrogen-bond acceptors (Lipinski definition) is 2. The van der Waals surface area contributed by atoms with E-state index in [2.05, 4.69) is 22.8 Å². The summed E-state index contributed by atoms with van der Waals surface area (Å²) in [6.07, 6.45) is 3.22. The van der Waals surface area contributed by atoms with Crippen LogP contribution in [0.3, 0.4) is 0 Å². The molecule has 2 amide bonds. The molecule has 5 rings (SSSR count). The second-order valence-corrected chi connectivity index (χ2v) is 8.09. The molecule has 5 heteroatoms. The van der Waals surface area contributed by atoms with E-state index in [4.69, 9.17) is 0 Å². The molecule has 2 aliphatic heterocycles. The number of carbonyl (C=O) groups excluding carboxylic acids is 1. The van der Waals surface area contributed by atoms with Crippen molar-refractivity contribution in [2.75, 3.05) is 19.6 Å². The maximum Gasteiger partial charge on any atom is 0.318 e. The Morgan fingerprint density at radius 2 is 1.93 bits per heavy atom. The molecule has 140 valence electrons. The molecule has 1 spiro atoms. The average Bonchev–Trinajstić information content (AvgIpc) is 3.37. The Morgan fingerprint density at radius 1 is 1.15 bits per heavy atom. The second-order valence-electron chi connectivity index (χ2n) is 8.09. The summed E-state index contributed by atoms with van der Waals surface area (Å²) >= 11 is 0. The van der Waals surface area contributed by atoms with Crippen LogP contribution in [0.25, 0.3) is 0 Å². The monoisotopic (exact) mass is 365 g/mol. The van der Waals surface area contributed by atoms with E-state index >= 15 is 0 Å². The van der Waals surface area contributed by atoms with E-state index < -0.39 is 0 Å². The highest BCUT2D eigenvalue weighted by Gasteiger charge is 2.53. The average molecular weight is 365 g/mol. The highest BCUT2D eigenvalue weighted by atomic mass is 19.1. The van der Waals surface area contributed by atoms with Gasteiger partial charge in [0.15, 0.2) is 0 Å². The molecule has 3 aliphatic rings. The summed E-state index contributed by atoms with van der Waals surface area (Å²) in [4.78, 5) is 15.2. The van der Waals surface area contributed by atoms with E-state index in [0.29, 0.717) is 6.54 Å². The molecule has 2 heterocycles. The number of urea groups is 1. The predicted octanol–water partition coefficient (Wildman–Crippen LogP) is 3.23. The minimum Gasteiger partial charge on any atom is -0.333 e. The summed E-state index contributed by atoms with van der Waals surface area (Å²) in [5, 5.41) is 6.72. The van der Waals surface area contributed by atoms with E-state index in [1.54, 1.807) is 12.1 Å². The standard InChI is InChI=1S/C22H24FN3O/c23-17-7-5-16(6-8-17)20-18-4-2-1-3-15(18)9-12-26(20)21(27)25-19-13-24-14-22(19)10-11-22/h1-8,19-20,24H,9-14H2,(H,25,27). The minimum absolute atomic E-state index is 0.0150. The third kappa shape index (κ3) is 2.90. The summed E-state index contributed by atoms with van der Waals surface area (Å²) in [5.41, 5.74) is 3.62. The summed E-state index contributed by atoms with van der Waals surface area (Å²) in [6, 6.07) is 14.8. The lowest BCUT2D eigenvalue weighted by atomic mass is 9.88. The first kappa shape index (κ1) is 16.8. The first-order chi connectivity index (χ1) is 13.2. The van der Waals surface area contributed by atoms with Crippen LogP contribution >= 0.6 is 0 Å². The Morgan fingerprint density at radius 3 is 2.70 bits per heavy atom. The molecule has 1 saturated carbocycles. The molecule has 2 N–H and O–H groups in total. The molecule has 2 aromatic rings. The van der Waals surface area contributed by atoms with Crippen molar-refractivity contribution in [1.82, 2.24) is 15.5 Å². The molecular weight excluding hydrogens is 341 g/mol. The fourth-order valence-electron chi connectivity index (χ4n) is 4.72. The molecule has 27 heavy (non-hydrogen) atoms. The molecule has 1 aliphatic carbocycles. The predicted molar refractivity (Wildman–Crippen MR) is 102 cm³/mol. The fraction of sp³-hybridized carbons (Fsp3) is 0.409. The van der Waals surface area contributed by atoms with E-state index in [0.717, 1.165) is 30.6 Å². The van der Waals surface area contributed by atoms with E-state index in [-0.39, 0.29) is 29.3 Å². The van der Waals surface area contributed by atoms with E-state index in [9.17, 15) is 9.18 Å². The highest BCUT2D eigenvalue weighted by Crippen LogP contribution is 2.50. The van der Waals surface area contributed by atoms with Gasteiger partial charge >= 0.3 is 6.03 Å². The smallest absolute Gasteiger partial charge is 0.318 e. The second kappa shape index (κ2) is 6.34. The maximum absolute atomic E-state index is 13.5. The van der Waals surface area contributed by atoms with Crippen molar-refractivity contribution in [3.05, 3.63) is 71.0 Å². The van der Waals surface area contributed by atoms with Crippen molar-refractivity contribution < 1.29 is 9.18 Å². The Kier molecular flexibility index (Phi) is 3.93. The van der Waals surface area contributed by atoms with Crippen LogP contribution in [0.1, 0.15) is 35.6 Å². The maximum atomic E-state index is 13.5. The van der Waals surface area contributed by atoms with Crippen molar-refractivity contribution in [3.63, 3.8) is 0 Å². The lowest BCUT2D eigenvalue weighted by Crippen LogP contribution is -2.51. The Balaban J connectivity index is 1.46. The number of halogens is 1. The Hall–Kier alpha value is -2.40. The summed E-state index contributed by atoms with van der Waals surface area (Å²) in [6.45, 7) is 2.51. The van der Waals surface area contributed by atoms with Crippen LogP contribution in [0.15, 0.2) is 48.5 Å². The number of hydrogen-bond donors (Lipinski definition) is 2. The quantitative estimate of drug-likeness (QED) is 0.858. The fourth-order valence-corrected chi connectivity index (χ4v) is 4.72. The van der Waals surface area contributed by atoms with Crippen LogP contribution in [-0.2, 0) is 6.42 Å². The molecule has 1 saturated heterocycles. The van der Waals surface area contributed by atoms with Crippen LogP contribution in [0, 0.1) is 11.2 Å². The number of nitrogens with zero attached hydrogens (tertiary/aromatic N) is 1. The summed E-state index contributed by atoms with van der Waals surface area (Å²) < 4.78 is 13.5. The number of nitrogens with one attached hydrogen (secondary N) is 2. The van der Waals surface area contributed by atoms with Gasteiger partial charge in [-0.3, -0.25) is 0 Å². The molecule has 2 aromatic carbocycles. The highest BCUT2D eigenvalue weighted by molar-refractivity contribution is 5.76. The Bertz CT molecular complexity index is 862. The van der Waals surface area contributed by atoms with Crippen LogP contribution in [-0.4, -0.2) is 36.6 Å². The number of amides is 2. The number of carbonyl (C=O) groups is 1. The third-order valence-corrected chi connectivity index (χ3v) is 6.48. The van der Waals surface area contributed by atoms with Gasteiger partial charge in [0.05, 0.1) is 6.04 Å². The van der Waals surface area contributed by atoms with Gasteiger partial charge in [-0.05, 0) is 48.1 Å². The lowest BCUT2D eigenvalue weighted by molar-refractivity contribution is 0.173. The van der Waals surface area contributed by atoms with Gasteiger partial charge in [-0.2, -0.15) is 0 Å². The van der Waals surface area contributed by atoms with Crippen molar-refractivity contribution in [2.45, 2.75) is 31.3 Å². The van der Waals surface area contributed by atoms with Crippen molar-refractivity contribution >= 4 is 6.03 Å². The van der Waals surface area contributed by atoms with Crippen LogP contribution in [0.4, 0.5) is 9.18 Å². The first-order valence-electron chi connectivity index (χ1n) is 9.77. The number of fused-ring (bicyclic) bond motifs is 1. The molecule has 2 unspecified atom stereocenters. The first-order valence-corrected chi connectivity index (χ1v) is 9.77. The van der Waals surface area contributed by atoms with Gasteiger partial charge in [-0.1, -0.05) is 36.4 Å². The lowest BCUT2D eigenvalue weighted by Gasteiger charge is -2.38. The molecule has 4 nitrogen and oxygen atoms in total. The van der Waals surface area contributed by atoms with E-state index in [1.165, 1.54) is 30.5 Å². The molecule has 0 radical (unpaired) electrons. The minimum atomic E-state index is -0.258. The summed E-state index contributed by atoms with van der Waals surface area (Å²) in [7, 11) is 0. The molecule has 2 atom stereocenters. The van der Waals surface area contributed by atoms with Crippen LogP contribution in [0.2, 0.25) is 0 Å². The van der Waals surface area contributed by atoms with Crippen LogP contribution < -0.4 is 10.6 Å². The van der Waals surface area contributed by atoms with Crippen molar-refractivity contribution in [2.24, 2.45) is 5.41 Å². The molecule has 0 bridgehead atoms. The topological polar surface area (TPSA) is 44.4 Å². The Labute approximate surface area is 158 Å². The number of benzene rings is 2. The normalized spacial score (nSPS) is 25.3. The van der Waals surface area contributed by atoms with Gasteiger partial charge < -0.3 is 15.5 Å². The van der Waals surface area contributed by atoms with Gasteiger partial charge in [-0.25, -0.2) is 9.18 Å². The zero-order valence-corrected chi connectivity index (χ0v) is 15.2. The van der Waals surface area contributed by atoms with Gasteiger partial charge in [0.25, 0.3) is 0 Å². The van der Waals surface area contributed by atoms with Gasteiger partial charge in [0.2, 0.25) is 0 Å². The van der Waals surface area contributed by atoms with Gasteiger partial charge in [0.1, 0.15) is 5.82 Å². The van der Waals surface area contributed by atoms with Gasteiger partial charge in [0, 0.05) is 31.1 Å². The molecule has 0 aromatic heterocycles. The SMILES string of the molecule is O=C(NC1CNCC12CC2)N1CCc2ccccc2C1c1ccc(F)cc1. The van der Waals surface area contributed by atoms with Crippen LogP contribution in [0.5, 0.6) is 0 Å². The molecule has 2 fully saturated rings. The molecular formula is C22H24FN3O. The van der Waals surface area contributed by atoms with Gasteiger partial charge in [-0.15, -0.1) is 0 Å². The zero-order valence-electron chi connectivity index (χ0n) is 15.2. The van der Waals surface area contributed by atoms with Crippen molar-refractivity contribution in [1.29, 1.82) is 0 Å². The van der Waals surface area contributed by atoms with E-state index in [1.807, 2.05) is 17.0 Å².